The second-order valence-corrected chi connectivity index (χ2v) is 7.83. The Hall–Kier alpha value is -2.20. The van der Waals surface area contributed by atoms with E-state index in [1.807, 2.05) is 36.2 Å². The number of benzene rings is 2. The fourth-order valence-electron chi connectivity index (χ4n) is 3.73. The Morgan fingerprint density at radius 3 is 2.50 bits per heavy atom. The highest BCUT2D eigenvalue weighted by atomic mass is 19.1. The van der Waals surface area contributed by atoms with Crippen LogP contribution in [-0.2, 0) is 0 Å². The van der Waals surface area contributed by atoms with Crippen molar-refractivity contribution in [2.24, 2.45) is 5.92 Å². The molecule has 0 radical (unpaired) electrons. The van der Waals surface area contributed by atoms with Gasteiger partial charge in [-0.15, -0.1) is 0 Å². The molecule has 1 saturated heterocycles. The number of rotatable bonds is 4. The molecule has 138 valence electrons. The number of amides is 1. The Balaban J connectivity index is 1.75. The van der Waals surface area contributed by atoms with E-state index in [0.717, 1.165) is 30.6 Å². The molecule has 26 heavy (non-hydrogen) atoms. The van der Waals surface area contributed by atoms with Gasteiger partial charge < -0.3 is 9.80 Å². The van der Waals surface area contributed by atoms with Crippen LogP contribution in [0.3, 0.4) is 0 Å². The molecule has 1 aliphatic rings. The Morgan fingerprint density at radius 2 is 1.88 bits per heavy atom. The number of hydrogen-bond donors (Lipinski definition) is 0. The number of nitrogens with zero attached hydrogens (tertiary/aromatic N) is 2. The van der Waals surface area contributed by atoms with E-state index in [0.29, 0.717) is 11.5 Å². The molecular weight excluding hydrogens is 327 g/mol. The molecule has 1 aliphatic heterocycles. The van der Waals surface area contributed by atoms with Crippen LogP contribution in [0.15, 0.2) is 48.5 Å². The third-order valence-corrected chi connectivity index (χ3v) is 5.92. The number of halogens is 1. The summed E-state index contributed by atoms with van der Waals surface area (Å²) in [5.74, 6) is 0.228. The minimum Gasteiger partial charge on any atom is -0.341 e. The molecule has 0 aromatic heterocycles. The molecule has 0 N–H and O–H groups in total. The first kappa shape index (κ1) is 18.6. The van der Waals surface area contributed by atoms with Gasteiger partial charge in [-0.1, -0.05) is 24.3 Å². The molecule has 4 heteroatoms. The van der Waals surface area contributed by atoms with E-state index in [-0.39, 0.29) is 17.3 Å². The molecule has 1 unspecified atom stereocenters. The smallest absolute Gasteiger partial charge is 0.253 e. The molecule has 3 nitrogen and oxygen atoms in total. The van der Waals surface area contributed by atoms with Crippen molar-refractivity contribution in [3.8, 4) is 11.1 Å². The Bertz CT molecular complexity index is 785. The van der Waals surface area contributed by atoms with Crippen molar-refractivity contribution in [1.82, 2.24) is 9.80 Å². The number of likely N-dealkylation sites (tertiary alicyclic amines) is 1. The molecule has 1 atom stereocenters. The zero-order chi connectivity index (χ0) is 18.9. The SMILES string of the molecule is CN(CC1CCN(C)C1(C)C)C(=O)c1cccc(-c2ccc(F)cc2)c1. The Labute approximate surface area is 155 Å². The number of carbonyl (C=O) groups excluding carboxylic acids is 1. The van der Waals surface area contributed by atoms with Gasteiger partial charge >= 0.3 is 0 Å². The van der Waals surface area contributed by atoms with Crippen LogP contribution in [0.4, 0.5) is 4.39 Å². The van der Waals surface area contributed by atoms with E-state index in [1.54, 1.807) is 12.1 Å². The zero-order valence-corrected chi connectivity index (χ0v) is 16.0. The lowest BCUT2D eigenvalue weighted by Gasteiger charge is -2.35. The molecule has 0 spiro atoms. The number of hydrogen-bond acceptors (Lipinski definition) is 2. The molecule has 2 aromatic carbocycles. The van der Waals surface area contributed by atoms with Crippen LogP contribution < -0.4 is 0 Å². The van der Waals surface area contributed by atoms with Gasteiger partial charge in [0.25, 0.3) is 5.91 Å². The zero-order valence-electron chi connectivity index (χ0n) is 16.0. The van der Waals surface area contributed by atoms with Gasteiger partial charge in [0.1, 0.15) is 5.82 Å². The van der Waals surface area contributed by atoms with E-state index in [4.69, 9.17) is 0 Å². The van der Waals surface area contributed by atoms with E-state index in [9.17, 15) is 9.18 Å². The summed E-state index contributed by atoms with van der Waals surface area (Å²) >= 11 is 0. The second kappa shape index (κ2) is 7.20. The molecule has 1 heterocycles. The summed E-state index contributed by atoms with van der Waals surface area (Å²) in [5, 5.41) is 0. The summed E-state index contributed by atoms with van der Waals surface area (Å²) in [6.07, 6.45) is 1.11. The first-order valence-electron chi connectivity index (χ1n) is 9.12. The van der Waals surface area contributed by atoms with E-state index in [2.05, 4.69) is 25.8 Å². The van der Waals surface area contributed by atoms with Gasteiger partial charge in [-0.25, -0.2) is 4.39 Å². The molecular formula is C22H27FN2O. The van der Waals surface area contributed by atoms with Crippen LogP contribution >= 0.6 is 0 Å². The fraction of sp³-hybridized carbons (Fsp3) is 0.409. The molecule has 1 fully saturated rings. The van der Waals surface area contributed by atoms with Gasteiger partial charge in [-0.2, -0.15) is 0 Å². The third kappa shape index (κ3) is 3.65. The number of carbonyl (C=O) groups is 1. The molecule has 3 rings (SSSR count). The van der Waals surface area contributed by atoms with Crippen molar-refractivity contribution in [2.45, 2.75) is 25.8 Å². The van der Waals surface area contributed by atoms with Crippen molar-refractivity contribution < 1.29 is 9.18 Å². The summed E-state index contributed by atoms with van der Waals surface area (Å²) in [4.78, 5) is 17.1. The minimum atomic E-state index is -0.259. The van der Waals surface area contributed by atoms with Gasteiger partial charge in [0, 0.05) is 24.7 Å². The van der Waals surface area contributed by atoms with Crippen LogP contribution in [-0.4, -0.2) is 48.4 Å². The highest BCUT2D eigenvalue weighted by Gasteiger charge is 2.39. The quantitative estimate of drug-likeness (QED) is 0.817. The van der Waals surface area contributed by atoms with E-state index < -0.39 is 0 Å². The van der Waals surface area contributed by atoms with Crippen LogP contribution in [0.1, 0.15) is 30.6 Å². The van der Waals surface area contributed by atoms with Crippen molar-refractivity contribution in [2.75, 3.05) is 27.2 Å². The average molecular weight is 354 g/mol. The maximum absolute atomic E-state index is 13.1. The fourth-order valence-corrected chi connectivity index (χ4v) is 3.73. The van der Waals surface area contributed by atoms with Crippen molar-refractivity contribution >= 4 is 5.91 Å². The molecule has 0 bridgehead atoms. The summed E-state index contributed by atoms with van der Waals surface area (Å²) in [6.45, 7) is 6.31. The van der Waals surface area contributed by atoms with Crippen LogP contribution in [0.5, 0.6) is 0 Å². The largest absolute Gasteiger partial charge is 0.341 e. The first-order chi connectivity index (χ1) is 12.3. The Morgan fingerprint density at radius 1 is 1.19 bits per heavy atom. The lowest BCUT2D eigenvalue weighted by Crippen LogP contribution is -2.44. The van der Waals surface area contributed by atoms with E-state index >= 15 is 0 Å². The summed E-state index contributed by atoms with van der Waals surface area (Å²) in [5.41, 5.74) is 2.59. The van der Waals surface area contributed by atoms with Crippen molar-refractivity contribution in [3.05, 3.63) is 59.9 Å². The van der Waals surface area contributed by atoms with Crippen LogP contribution in [0, 0.1) is 11.7 Å². The highest BCUT2D eigenvalue weighted by molar-refractivity contribution is 5.95. The summed E-state index contributed by atoms with van der Waals surface area (Å²) < 4.78 is 13.1. The van der Waals surface area contributed by atoms with E-state index in [1.165, 1.54) is 12.1 Å². The third-order valence-electron chi connectivity index (χ3n) is 5.92. The minimum absolute atomic E-state index is 0.0271. The summed E-state index contributed by atoms with van der Waals surface area (Å²) in [6, 6.07) is 13.9. The second-order valence-electron chi connectivity index (χ2n) is 7.83. The standard InChI is InChI=1S/C22H27FN2O/c1-22(2)19(12-13-25(22)4)15-24(3)21(26)18-7-5-6-17(14-18)16-8-10-20(23)11-9-16/h5-11,14,19H,12-13,15H2,1-4H3. The van der Waals surface area contributed by atoms with Crippen LogP contribution in [0.25, 0.3) is 11.1 Å². The summed E-state index contributed by atoms with van der Waals surface area (Å²) in [7, 11) is 4.02. The lowest BCUT2D eigenvalue weighted by atomic mass is 9.88. The lowest BCUT2D eigenvalue weighted by molar-refractivity contribution is 0.0729. The van der Waals surface area contributed by atoms with Crippen molar-refractivity contribution in [1.29, 1.82) is 0 Å². The normalized spacial score (nSPS) is 19.5. The molecule has 0 aliphatic carbocycles. The average Bonchev–Trinajstić information content (AvgIpc) is 2.88. The Kier molecular flexibility index (Phi) is 5.15. The molecule has 1 amide bonds. The topological polar surface area (TPSA) is 23.6 Å². The maximum atomic E-state index is 13.1. The first-order valence-corrected chi connectivity index (χ1v) is 9.12. The van der Waals surface area contributed by atoms with Gasteiger partial charge in [0.05, 0.1) is 0 Å². The molecule has 0 saturated carbocycles. The highest BCUT2D eigenvalue weighted by Crippen LogP contribution is 2.33. The predicted molar refractivity (Wildman–Crippen MR) is 104 cm³/mol. The van der Waals surface area contributed by atoms with Gasteiger partial charge in [-0.3, -0.25) is 4.79 Å². The van der Waals surface area contributed by atoms with Gasteiger partial charge in [0.15, 0.2) is 0 Å². The molecule has 2 aromatic rings. The monoisotopic (exact) mass is 354 g/mol. The maximum Gasteiger partial charge on any atom is 0.253 e. The van der Waals surface area contributed by atoms with Gasteiger partial charge in [0.2, 0.25) is 0 Å². The van der Waals surface area contributed by atoms with Crippen molar-refractivity contribution in [3.63, 3.8) is 0 Å². The van der Waals surface area contributed by atoms with Crippen LogP contribution in [0.2, 0.25) is 0 Å². The van der Waals surface area contributed by atoms with Gasteiger partial charge in [-0.05, 0) is 75.2 Å². The predicted octanol–water partition coefficient (Wildman–Crippen LogP) is 4.30.